The predicted octanol–water partition coefficient (Wildman–Crippen LogP) is 2.24. The van der Waals surface area contributed by atoms with Crippen molar-refractivity contribution in [2.45, 2.75) is 50.3 Å². The highest BCUT2D eigenvalue weighted by atomic mass is 16.5. The van der Waals surface area contributed by atoms with Gasteiger partial charge >= 0.3 is 0 Å². The molecular weight excluding hydrogens is 384 g/mol. The molecule has 0 spiro atoms. The van der Waals surface area contributed by atoms with E-state index >= 15 is 0 Å². The number of nitrogens with zero attached hydrogens (tertiary/aromatic N) is 5. The van der Waals surface area contributed by atoms with Crippen LogP contribution in [0.3, 0.4) is 0 Å². The SMILES string of the molecule is COC[C@H](C)Nc1ncc2c(-c3cnn(C4COC4)c3)cc([C@@H]3CC[C@H](O)C3)n2n1. The van der Waals surface area contributed by atoms with Crippen molar-refractivity contribution >= 4 is 11.5 Å². The van der Waals surface area contributed by atoms with Crippen molar-refractivity contribution in [3.63, 3.8) is 0 Å². The molecule has 2 fully saturated rings. The van der Waals surface area contributed by atoms with Crippen LogP contribution >= 0.6 is 0 Å². The van der Waals surface area contributed by atoms with Crippen LogP contribution in [-0.2, 0) is 9.47 Å². The van der Waals surface area contributed by atoms with Crippen molar-refractivity contribution in [2.24, 2.45) is 0 Å². The number of ether oxygens (including phenoxy) is 2. The Morgan fingerprint density at radius 3 is 2.90 bits per heavy atom. The fourth-order valence-corrected chi connectivity index (χ4v) is 4.39. The van der Waals surface area contributed by atoms with E-state index in [1.165, 1.54) is 0 Å². The van der Waals surface area contributed by atoms with E-state index in [9.17, 15) is 5.11 Å². The summed E-state index contributed by atoms with van der Waals surface area (Å²) in [5.41, 5.74) is 4.16. The Balaban J connectivity index is 1.54. The molecule has 0 bridgehead atoms. The standard InChI is InChI=1S/C21H28N6O3/c1-13(10-29-2)24-21-22-8-20-18(15-7-23-26(9-15)16-11-30-12-16)6-19(27(20)25-21)14-3-4-17(28)5-14/h6-9,13-14,16-17,28H,3-5,10-12H2,1-2H3,(H,24,25)/t13-,14+,17-/m0/s1. The van der Waals surface area contributed by atoms with Crippen molar-refractivity contribution in [2.75, 3.05) is 32.2 Å². The van der Waals surface area contributed by atoms with Crippen molar-refractivity contribution in [1.82, 2.24) is 24.4 Å². The molecular formula is C21H28N6O3. The summed E-state index contributed by atoms with van der Waals surface area (Å²) in [5.74, 6) is 0.840. The third kappa shape index (κ3) is 3.57. The molecule has 2 N–H and O–H groups in total. The summed E-state index contributed by atoms with van der Waals surface area (Å²) in [7, 11) is 1.68. The first-order valence-electron chi connectivity index (χ1n) is 10.6. The van der Waals surface area contributed by atoms with Crippen molar-refractivity contribution in [1.29, 1.82) is 0 Å². The summed E-state index contributed by atoms with van der Waals surface area (Å²) in [6.45, 7) is 4.02. The zero-order valence-corrected chi connectivity index (χ0v) is 17.4. The van der Waals surface area contributed by atoms with Crippen LogP contribution in [0.25, 0.3) is 16.6 Å². The van der Waals surface area contributed by atoms with Gasteiger partial charge in [-0.1, -0.05) is 0 Å². The summed E-state index contributed by atoms with van der Waals surface area (Å²) in [6.07, 6.45) is 8.13. The highest BCUT2D eigenvalue weighted by Gasteiger charge is 2.29. The van der Waals surface area contributed by atoms with Crippen LogP contribution in [0.2, 0.25) is 0 Å². The molecule has 2 aliphatic rings. The third-order valence-corrected chi connectivity index (χ3v) is 6.07. The van der Waals surface area contributed by atoms with Crippen molar-refractivity contribution in [3.8, 4) is 11.1 Å². The molecule has 1 aliphatic carbocycles. The molecule has 4 heterocycles. The van der Waals surface area contributed by atoms with Gasteiger partial charge < -0.3 is 19.9 Å². The second-order valence-corrected chi connectivity index (χ2v) is 8.43. The lowest BCUT2D eigenvalue weighted by Crippen LogP contribution is -2.30. The first-order chi connectivity index (χ1) is 14.6. The fraction of sp³-hybridized carbons (Fsp3) is 0.571. The van der Waals surface area contributed by atoms with Gasteiger partial charge in [0.15, 0.2) is 0 Å². The molecule has 3 aromatic rings. The molecule has 1 saturated carbocycles. The molecule has 3 atom stereocenters. The zero-order valence-electron chi connectivity index (χ0n) is 17.4. The Morgan fingerprint density at radius 1 is 1.33 bits per heavy atom. The zero-order chi connectivity index (χ0) is 20.7. The van der Waals surface area contributed by atoms with Gasteiger partial charge in [0.25, 0.3) is 0 Å². The minimum atomic E-state index is -0.244. The van der Waals surface area contributed by atoms with E-state index in [1.807, 2.05) is 28.5 Å². The number of anilines is 1. The number of hydrogen-bond donors (Lipinski definition) is 2. The Morgan fingerprint density at radius 2 is 2.20 bits per heavy atom. The minimum Gasteiger partial charge on any atom is -0.393 e. The Hall–Kier alpha value is -2.49. The minimum absolute atomic E-state index is 0.0992. The number of aromatic nitrogens is 5. The van der Waals surface area contributed by atoms with E-state index in [2.05, 4.69) is 27.7 Å². The van der Waals surface area contributed by atoms with Crippen LogP contribution in [0.15, 0.2) is 24.7 Å². The molecule has 9 heteroatoms. The average molecular weight is 412 g/mol. The molecule has 0 radical (unpaired) electrons. The third-order valence-electron chi connectivity index (χ3n) is 6.07. The maximum Gasteiger partial charge on any atom is 0.241 e. The highest BCUT2D eigenvalue weighted by molar-refractivity contribution is 5.81. The normalized spacial score (nSPS) is 23.0. The first-order valence-corrected chi connectivity index (χ1v) is 10.6. The van der Waals surface area contributed by atoms with Gasteiger partial charge in [-0.3, -0.25) is 4.68 Å². The summed E-state index contributed by atoms with van der Waals surface area (Å²) >= 11 is 0. The summed E-state index contributed by atoms with van der Waals surface area (Å²) in [5, 5.41) is 22.7. The molecule has 1 saturated heterocycles. The Kier molecular flexibility index (Phi) is 5.18. The number of rotatable bonds is 7. The number of hydrogen-bond acceptors (Lipinski definition) is 7. The van der Waals surface area contributed by atoms with Crippen LogP contribution in [0.1, 0.15) is 43.8 Å². The fourth-order valence-electron chi connectivity index (χ4n) is 4.39. The quantitative estimate of drug-likeness (QED) is 0.614. The number of nitrogens with one attached hydrogen (secondary N) is 1. The molecule has 160 valence electrons. The van der Waals surface area contributed by atoms with Gasteiger partial charge in [0.1, 0.15) is 0 Å². The van der Waals surface area contributed by atoms with E-state index in [4.69, 9.17) is 14.6 Å². The molecule has 0 amide bonds. The molecule has 9 nitrogen and oxygen atoms in total. The molecule has 1 aliphatic heterocycles. The first kappa shape index (κ1) is 19.5. The Bertz CT molecular complexity index is 1030. The lowest BCUT2D eigenvalue weighted by Gasteiger charge is -2.25. The predicted molar refractivity (Wildman–Crippen MR) is 112 cm³/mol. The maximum atomic E-state index is 10.1. The lowest BCUT2D eigenvalue weighted by atomic mass is 10.0. The van der Waals surface area contributed by atoms with Crippen molar-refractivity contribution < 1.29 is 14.6 Å². The number of fused-ring (bicyclic) bond motifs is 1. The smallest absolute Gasteiger partial charge is 0.241 e. The average Bonchev–Trinajstić information content (AvgIpc) is 3.39. The van der Waals surface area contributed by atoms with E-state index in [0.29, 0.717) is 31.8 Å². The van der Waals surface area contributed by atoms with Crippen LogP contribution < -0.4 is 5.32 Å². The van der Waals surface area contributed by atoms with E-state index in [0.717, 1.165) is 41.6 Å². The van der Waals surface area contributed by atoms with Crippen LogP contribution in [0, 0.1) is 0 Å². The van der Waals surface area contributed by atoms with Gasteiger partial charge in [-0.05, 0) is 32.3 Å². The van der Waals surface area contributed by atoms with Crippen LogP contribution in [0.5, 0.6) is 0 Å². The van der Waals surface area contributed by atoms with Gasteiger partial charge in [-0.2, -0.15) is 5.10 Å². The van der Waals surface area contributed by atoms with Gasteiger partial charge in [0.2, 0.25) is 5.95 Å². The van der Waals surface area contributed by atoms with Gasteiger partial charge in [0, 0.05) is 42.1 Å². The molecule has 30 heavy (non-hydrogen) atoms. The molecule has 5 rings (SSSR count). The molecule has 0 aromatic carbocycles. The van der Waals surface area contributed by atoms with E-state index in [1.54, 1.807) is 7.11 Å². The van der Waals surface area contributed by atoms with Gasteiger partial charge in [0.05, 0.1) is 49.9 Å². The monoisotopic (exact) mass is 412 g/mol. The van der Waals surface area contributed by atoms with Crippen LogP contribution in [-0.4, -0.2) is 68.6 Å². The molecule has 0 unspecified atom stereocenters. The highest BCUT2D eigenvalue weighted by Crippen LogP contribution is 2.38. The summed E-state index contributed by atoms with van der Waals surface area (Å²) in [4.78, 5) is 4.54. The second kappa shape index (κ2) is 7.98. The van der Waals surface area contributed by atoms with Gasteiger partial charge in [-0.15, -0.1) is 5.10 Å². The topological polar surface area (TPSA) is 98.7 Å². The summed E-state index contributed by atoms with van der Waals surface area (Å²) < 4.78 is 14.5. The largest absolute Gasteiger partial charge is 0.393 e. The maximum absolute atomic E-state index is 10.1. The van der Waals surface area contributed by atoms with Crippen LogP contribution in [0.4, 0.5) is 5.95 Å². The van der Waals surface area contributed by atoms with Gasteiger partial charge in [-0.25, -0.2) is 9.50 Å². The summed E-state index contributed by atoms with van der Waals surface area (Å²) in [6, 6.07) is 2.60. The van der Waals surface area contributed by atoms with E-state index in [-0.39, 0.29) is 18.1 Å². The van der Waals surface area contributed by atoms with E-state index < -0.39 is 0 Å². The second-order valence-electron chi connectivity index (χ2n) is 8.43. The van der Waals surface area contributed by atoms with Crippen molar-refractivity contribution in [3.05, 3.63) is 30.4 Å². The number of aliphatic hydroxyl groups excluding tert-OH is 1. The Labute approximate surface area is 175 Å². The lowest BCUT2D eigenvalue weighted by molar-refractivity contribution is -0.0286. The number of aliphatic hydroxyl groups is 1. The number of methoxy groups -OCH3 is 1. The molecule has 3 aromatic heterocycles.